The standard InChI is InChI=1S/C21H28N6.HI/c1-16-15-17(2)27(26-16)14-6-12-24-21(22-3)25-13-10-19-8-4-7-18-9-5-11-23-20(18)19;/h4-5,7-9,11,15H,6,10,12-14H2,1-3H3,(H2,22,24,25);1H. The van der Waals surface area contributed by atoms with Gasteiger partial charge in [-0.15, -0.1) is 24.0 Å². The molecule has 0 unspecified atom stereocenters. The van der Waals surface area contributed by atoms with Crippen molar-refractivity contribution < 1.29 is 0 Å². The second-order valence-corrected chi connectivity index (χ2v) is 6.67. The van der Waals surface area contributed by atoms with Crippen LogP contribution in [0.1, 0.15) is 23.4 Å². The first-order valence-electron chi connectivity index (χ1n) is 9.45. The number of nitrogens with one attached hydrogen (secondary N) is 2. The summed E-state index contributed by atoms with van der Waals surface area (Å²) in [6.07, 6.45) is 3.75. The number of aryl methyl sites for hydroxylation is 3. The van der Waals surface area contributed by atoms with Crippen LogP contribution in [0.15, 0.2) is 47.6 Å². The van der Waals surface area contributed by atoms with Gasteiger partial charge in [0.25, 0.3) is 0 Å². The minimum Gasteiger partial charge on any atom is -0.356 e. The normalized spacial score (nSPS) is 11.3. The average Bonchev–Trinajstić information content (AvgIpc) is 3.01. The van der Waals surface area contributed by atoms with Crippen LogP contribution in [0.5, 0.6) is 0 Å². The van der Waals surface area contributed by atoms with Gasteiger partial charge in [-0.05, 0) is 44.4 Å². The maximum atomic E-state index is 4.52. The van der Waals surface area contributed by atoms with E-state index in [0.29, 0.717) is 0 Å². The molecule has 2 heterocycles. The highest BCUT2D eigenvalue weighted by Gasteiger charge is 2.04. The van der Waals surface area contributed by atoms with Gasteiger partial charge >= 0.3 is 0 Å². The van der Waals surface area contributed by atoms with Gasteiger partial charge in [-0.1, -0.05) is 24.3 Å². The highest BCUT2D eigenvalue weighted by Crippen LogP contribution is 2.15. The number of para-hydroxylation sites is 1. The van der Waals surface area contributed by atoms with Gasteiger partial charge in [0.15, 0.2) is 5.96 Å². The maximum Gasteiger partial charge on any atom is 0.190 e. The van der Waals surface area contributed by atoms with Gasteiger partial charge in [0.2, 0.25) is 0 Å². The molecule has 0 aliphatic rings. The molecule has 28 heavy (non-hydrogen) atoms. The monoisotopic (exact) mass is 492 g/mol. The fourth-order valence-corrected chi connectivity index (χ4v) is 3.24. The zero-order valence-corrected chi connectivity index (χ0v) is 19.1. The Bertz CT molecular complexity index is 913. The first kappa shape index (κ1) is 22.1. The molecule has 150 valence electrons. The van der Waals surface area contributed by atoms with Gasteiger partial charge in [0, 0.05) is 44.0 Å². The van der Waals surface area contributed by atoms with Gasteiger partial charge in [0.05, 0.1) is 11.2 Å². The quantitative estimate of drug-likeness (QED) is 0.230. The van der Waals surface area contributed by atoms with Crippen molar-refractivity contribution in [3.63, 3.8) is 0 Å². The number of fused-ring (bicyclic) bond motifs is 1. The lowest BCUT2D eigenvalue weighted by molar-refractivity contribution is 0.555. The summed E-state index contributed by atoms with van der Waals surface area (Å²) in [4.78, 5) is 8.82. The molecule has 0 amide bonds. The number of rotatable bonds is 7. The van der Waals surface area contributed by atoms with Crippen LogP contribution >= 0.6 is 24.0 Å². The lowest BCUT2D eigenvalue weighted by atomic mass is 10.1. The number of halogens is 1. The number of aliphatic imine (C=N–C) groups is 1. The van der Waals surface area contributed by atoms with E-state index in [-0.39, 0.29) is 24.0 Å². The molecule has 0 bridgehead atoms. The molecule has 0 spiro atoms. The van der Waals surface area contributed by atoms with E-state index in [1.54, 1.807) is 7.05 Å². The van der Waals surface area contributed by atoms with Crippen LogP contribution in [-0.4, -0.2) is 40.9 Å². The Kier molecular flexibility index (Phi) is 8.69. The van der Waals surface area contributed by atoms with E-state index in [4.69, 9.17) is 0 Å². The van der Waals surface area contributed by atoms with Crippen LogP contribution < -0.4 is 10.6 Å². The minimum absolute atomic E-state index is 0. The summed E-state index contributed by atoms with van der Waals surface area (Å²) in [5.41, 5.74) is 4.61. The van der Waals surface area contributed by atoms with Gasteiger partial charge in [-0.25, -0.2) is 0 Å². The van der Waals surface area contributed by atoms with Crippen molar-refractivity contribution >= 4 is 40.8 Å². The minimum atomic E-state index is 0. The molecule has 2 N–H and O–H groups in total. The summed E-state index contributed by atoms with van der Waals surface area (Å²) in [5.74, 6) is 0.830. The smallest absolute Gasteiger partial charge is 0.190 e. The summed E-state index contributed by atoms with van der Waals surface area (Å²) in [6.45, 7) is 6.70. The van der Waals surface area contributed by atoms with E-state index in [1.165, 1.54) is 16.6 Å². The molecule has 3 rings (SSSR count). The van der Waals surface area contributed by atoms with Crippen LogP contribution in [0.2, 0.25) is 0 Å². The third-order valence-corrected chi connectivity index (χ3v) is 4.57. The molecule has 0 radical (unpaired) electrons. The van der Waals surface area contributed by atoms with Crippen molar-refractivity contribution in [1.29, 1.82) is 0 Å². The number of nitrogens with zero attached hydrogens (tertiary/aromatic N) is 4. The first-order chi connectivity index (χ1) is 13.2. The molecule has 1 aromatic carbocycles. The Hall–Kier alpha value is -2.16. The molecule has 0 aliphatic heterocycles. The zero-order valence-electron chi connectivity index (χ0n) is 16.8. The summed E-state index contributed by atoms with van der Waals surface area (Å²) in [6, 6.07) is 12.5. The molecular weight excluding hydrogens is 463 g/mol. The van der Waals surface area contributed by atoms with E-state index in [2.05, 4.69) is 67.6 Å². The van der Waals surface area contributed by atoms with Crippen molar-refractivity contribution in [2.24, 2.45) is 4.99 Å². The van der Waals surface area contributed by atoms with E-state index < -0.39 is 0 Å². The van der Waals surface area contributed by atoms with E-state index >= 15 is 0 Å². The molecule has 0 saturated heterocycles. The molecule has 0 aliphatic carbocycles. The summed E-state index contributed by atoms with van der Waals surface area (Å²) < 4.78 is 2.06. The number of hydrogen-bond acceptors (Lipinski definition) is 3. The number of guanidine groups is 1. The summed E-state index contributed by atoms with van der Waals surface area (Å²) >= 11 is 0. The number of hydrogen-bond donors (Lipinski definition) is 2. The topological polar surface area (TPSA) is 67.1 Å². The molecule has 0 atom stereocenters. The predicted octanol–water partition coefficient (Wildman–Crippen LogP) is 3.46. The second kappa shape index (κ2) is 11.0. The predicted molar refractivity (Wildman–Crippen MR) is 127 cm³/mol. The lowest BCUT2D eigenvalue weighted by Gasteiger charge is -2.13. The number of benzene rings is 1. The Morgan fingerprint density at radius 3 is 2.64 bits per heavy atom. The largest absolute Gasteiger partial charge is 0.356 e. The lowest BCUT2D eigenvalue weighted by Crippen LogP contribution is -2.39. The van der Waals surface area contributed by atoms with Crippen LogP contribution in [0.3, 0.4) is 0 Å². The van der Waals surface area contributed by atoms with E-state index in [0.717, 1.165) is 49.6 Å². The number of pyridine rings is 1. The maximum absolute atomic E-state index is 4.52. The highest BCUT2D eigenvalue weighted by molar-refractivity contribution is 14.0. The zero-order chi connectivity index (χ0) is 19.1. The number of aromatic nitrogens is 3. The molecular formula is C21H29IN6. The molecule has 0 saturated carbocycles. The van der Waals surface area contributed by atoms with Crippen LogP contribution in [0.25, 0.3) is 10.9 Å². The van der Waals surface area contributed by atoms with Gasteiger partial charge < -0.3 is 10.6 Å². The van der Waals surface area contributed by atoms with Gasteiger partial charge in [0.1, 0.15) is 0 Å². The fourth-order valence-electron chi connectivity index (χ4n) is 3.24. The molecule has 2 aromatic heterocycles. The Morgan fingerprint density at radius 1 is 1.11 bits per heavy atom. The summed E-state index contributed by atoms with van der Waals surface area (Å²) in [7, 11) is 1.80. The molecule has 7 heteroatoms. The van der Waals surface area contributed by atoms with E-state index in [9.17, 15) is 0 Å². The summed E-state index contributed by atoms with van der Waals surface area (Å²) in [5, 5.41) is 12.4. The Balaban J connectivity index is 0.00000280. The second-order valence-electron chi connectivity index (χ2n) is 6.67. The molecule has 6 nitrogen and oxygen atoms in total. The fraction of sp³-hybridized carbons (Fsp3) is 0.381. The van der Waals surface area contributed by atoms with Crippen LogP contribution in [-0.2, 0) is 13.0 Å². The third-order valence-electron chi connectivity index (χ3n) is 4.57. The van der Waals surface area contributed by atoms with Gasteiger partial charge in [-0.2, -0.15) is 5.10 Å². The first-order valence-corrected chi connectivity index (χ1v) is 9.45. The van der Waals surface area contributed by atoms with Crippen molar-refractivity contribution in [2.45, 2.75) is 33.2 Å². The van der Waals surface area contributed by atoms with Crippen molar-refractivity contribution in [1.82, 2.24) is 25.4 Å². The third kappa shape index (κ3) is 5.92. The Labute approximate surface area is 183 Å². The average molecular weight is 492 g/mol. The van der Waals surface area contributed by atoms with Crippen LogP contribution in [0, 0.1) is 13.8 Å². The van der Waals surface area contributed by atoms with Gasteiger partial charge in [-0.3, -0.25) is 14.7 Å². The van der Waals surface area contributed by atoms with Crippen molar-refractivity contribution in [3.05, 3.63) is 59.5 Å². The van der Waals surface area contributed by atoms with E-state index in [1.807, 2.05) is 19.2 Å². The SMILES string of the molecule is CN=C(NCCCn1nc(C)cc1C)NCCc1cccc2cccnc12.I. The molecule has 3 aromatic rings. The van der Waals surface area contributed by atoms with Crippen molar-refractivity contribution in [3.8, 4) is 0 Å². The highest BCUT2D eigenvalue weighted by atomic mass is 127. The Morgan fingerprint density at radius 2 is 1.89 bits per heavy atom. The van der Waals surface area contributed by atoms with Crippen LogP contribution in [0.4, 0.5) is 0 Å². The molecule has 0 fully saturated rings. The van der Waals surface area contributed by atoms with Crippen molar-refractivity contribution in [2.75, 3.05) is 20.1 Å².